The van der Waals surface area contributed by atoms with Gasteiger partial charge in [-0.3, -0.25) is 4.98 Å². The van der Waals surface area contributed by atoms with Crippen molar-refractivity contribution in [1.82, 2.24) is 14.9 Å². The van der Waals surface area contributed by atoms with E-state index in [9.17, 15) is 4.79 Å². The van der Waals surface area contributed by atoms with Gasteiger partial charge in [0.15, 0.2) is 5.11 Å². The average molecular weight is 511 g/mol. The summed E-state index contributed by atoms with van der Waals surface area (Å²) in [7, 11) is 1.41. The predicted molar refractivity (Wildman–Crippen MR) is 150 cm³/mol. The summed E-state index contributed by atoms with van der Waals surface area (Å²) in [5.41, 5.74) is 8.85. The monoisotopic (exact) mass is 510 g/mol. The van der Waals surface area contributed by atoms with Crippen molar-refractivity contribution in [1.29, 1.82) is 0 Å². The fourth-order valence-corrected chi connectivity index (χ4v) is 5.58. The zero-order valence-corrected chi connectivity index (χ0v) is 22.5. The molecular weight excluding hydrogens is 480 g/mol. The minimum atomic E-state index is -0.364. The lowest BCUT2D eigenvalue weighted by Crippen LogP contribution is -2.29. The smallest absolute Gasteiger partial charge is 0.339 e. The maximum Gasteiger partial charge on any atom is 0.339 e. The van der Waals surface area contributed by atoms with Crippen LogP contribution in [0, 0.1) is 27.7 Å². The third-order valence-corrected chi connectivity index (χ3v) is 7.52. The van der Waals surface area contributed by atoms with Gasteiger partial charge in [-0.05, 0) is 99.1 Å². The molecular formula is C30H30N4O2S. The summed E-state index contributed by atoms with van der Waals surface area (Å²) in [4.78, 5) is 19.5. The molecule has 5 rings (SSSR count). The number of aryl methyl sites for hydroxylation is 3. The molecule has 0 spiro atoms. The molecule has 2 unspecified atom stereocenters. The summed E-state index contributed by atoms with van der Waals surface area (Å²) in [6, 6.07) is 21.8. The molecule has 1 N–H and O–H groups in total. The number of hydrogen-bond donors (Lipinski definition) is 1. The first-order chi connectivity index (χ1) is 17.8. The highest BCUT2D eigenvalue weighted by molar-refractivity contribution is 7.80. The molecule has 1 aliphatic rings. The van der Waals surface area contributed by atoms with E-state index >= 15 is 0 Å². The van der Waals surface area contributed by atoms with Crippen molar-refractivity contribution >= 4 is 29.0 Å². The molecule has 188 valence electrons. The Kier molecular flexibility index (Phi) is 6.56. The Morgan fingerprint density at radius 2 is 1.73 bits per heavy atom. The van der Waals surface area contributed by atoms with Crippen LogP contribution in [0.5, 0.6) is 0 Å². The number of hydrogen-bond acceptors (Lipinski definition) is 4. The topological polar surface area (TPSA) is 59.4 Å². The Morgan fingerprint density at radius 1 is 0.973 bits per heavy atom. The summed E-state index contributed by atoms with van der Waals surface area (Å²) in [5.74, 6) is -0.364. The van der Waals surface area contributed by atoms with E-state index in [2.05, 4.69) is 71.7 Å². The average Bonchev–Trinajstić information content (AvgIpc) is 3.40. The van der Waals surface area contributed by atoms with Crippen molar-refractivity contribution in [2.45, 2.75) is 39.8 Å². The summed E-state index contributed by atoms with van der Waals surface area (Å²) >= 11 is 5.92. The van der Waals surface area contributed by atoms with E-state index in [0.717, 1.165) is 34.0 Å². The van der Waals surface area contributed by atoms with Crippen molar-refractivity contribution < 1.29 is 9.53 Å². The van der Waals surface area contributed by atoms with E-state index in [4.69, 9.17) is 17.0 Å². The SMILES string of the molecule is COC(=O)c1ccccc1-n1c(C)cc(C2C(c3ccccn3)NC(=S)N2c2ccc(C)c(C)c2)c1C. The molecule has 1 saturated heterocycles. The van der Waals surface area contributed by atoms with Gasteiger partial charge in [-0.1, -0.05) is 24.3 Å². The highest BCUT2D eigenvalue weighted by atomic mass is 32.1. The Labute approximate surface area is 222 Å². The number of thiocarbonyl (C=S) groups is 1. The van der Waals surface area contributed by atoms with E-state index in [0.29, 0.717) is 10.7 Å². The Balaban J connectivity index is 1.70. The summed E-state index contributed by atoms with van der Waals surface area (Å²) < 4.78 is 7.20. The molecule has 37 heavy (non-hydrogen) atoms. The normalized spacial score (nSPS) is 17.1. The lowest BCUT2D eigenvalue weighted by molar-refractivity contribution is 0.0600. The molecule has 0 saturated carbocycles. The van der Waals surface area contributed by atoms with Crippen LogP contribution >= 0.6 is 12.2 Å². The van der Waals surface area contributed by atoms with Crippen LogP contribution in [0.4, 0.5) is 5.69 Å². The largest absolute Gasteiger partial charge is 0.465 e. The van der Waals surface area contributed by atoms with Gasteiger partial charge in [0, 0.05) is 23.3 Å². The van der Waals surface area contributed by atoms with Gasteiger partial charge in [0.25, 0.3) is 0 Å². The minimum Gasteiger partial charge on any atom is -0.465 e. The molecule has 4 aromatic rings. The molecule has 1 aliphatic heterocycles. The molecule has 2 atom stereocenters. The molecule has 0 aliphatic carbocycles. The lowest BCUT2D eigenvalue weighted by Gasteiger charge is -2.28. The molecule has 0 radical (unpaired) electrons. The number of para-hydroxylation sites is 1. The number of nitrogens with zero attached hydrogens (tertiary/aromatic N) is 3. The fraction of sp³-hybridized carbons (Fsp3) is 0.233. The van der Waals surface area contributed by atoms with E-state index in [1.807, 2.05) is 42.6 Å². The minimum absolute atomic E-state index is 0.144. The predicted octanol–water partition coefficient (Wildman–Crippen LogP) is 6.07. The third kappa shape index (κ3) is 4.29. The molecule has 2 aromatic heterocycles. The number of carbonyl (C=O) groups excluding carboxylic acids is 1. The number of aromatic nitrogens is 2. The Hall–Kier alpha value is -3.97. The number of nitrogens with one attached hydrogen (secondary N) is 1. The number of anilines is 1. The molecule has 1 fully saturated rings. The Morgan fingerprint density at radius 3 is 2.43 bits per heavy atom. The van der Waals surface area contributed by atoms with Gasteiger partial charge in [-0.25, -0.2) is 4.79 Å². The summed E-state index contributed by atoms with van der Waals surface area (Å²) in [6.07, 6.45) is 1.81. The van der Waals surface area contributed by atoms with Gasteiger partial charge in [0.2, 0.25) is 0 Å². The van der Waals surface area contributed by atoms with E-state index in [1.54, 1.807) is 6.07 Å². The van der Waals surface area contributed by atoms with Crippen molar-refractivity contribution in [3.05, 3.63) is 112 Å². The molecule has 0 amide bonds. The highest BCUT2D eigenvalue weighted by Crippen LogP contribution is 2.44. The second-order valence-corrected chi connectivity index (χ2v) is 9.82. The van der Waals surface area contributed by atoms with Gasteiger partial charge in [-0.15, -0.1) is 0 Å². The molecule has 2 aromatic carbocycles. The van der Waals surface area contributed by atoms with E-state index < -0.39 is 0 Å². The molecule has 7 heteroatoms. The first kappa shape index (κ1) is 24.7. The third-order valence-electron chi connectivity index (χ3n) is 7.21. The van der Waals surface area contributed by atoms with Gasteiger partial charge in [0.1, 0.15) is 0 Å². The van der Waals surface area contributed by atoms with Gasteiger partial charge in [0.05, 0.1) is 36.1 Å². The van der Waals surface area contributed by atoms with Crippen molar-refractivity contribution in [2.75, 3.05) is 12.0 Å². The summed E-state index contributed by atoms with van der Waals surface area (Å²) in [6.45, 7) is 8.37. The van der Waals surface area contributed by atoms with Crippen LogP contribution in [0.2, 0.25) is 0 Å². The lowest BCUT2D eigenvalue weighted by atomic mass is 9.96. The van der Waals surface area contributed by atoms with Crippen LogP contribution < -0.4 is 10.2 Å². The van der Waals surface area contributed by atoms with Crippen LogP contribution in [0.1, 0.15) is 56.2 Å². The van der Waals surface area contributed by atoms with E-state index in [1.165, 1.54) is 18.2 Å². The second kappa shape index (κ2) is 9.82. The van der Waals surface area contributed by atoms with Crippen LogP contribution in [0.15, 0.2) is 72.9 Å². The van der Waals surface area contributed by atoms with E-state index in [-0.39, 0.29) is 18.1 Å². The first-order valence-electron chi connectivity index (χ1n) is 12.3. The number of pyridine rings is 1. The number of carbonyl (C=O) groups is 1. The van der Waals surface area contributed by atoms with Gasteiger partial charge < -0.3 is 19.5 Å². The Bertz CT molecular complexity index is 1490. The maximum absolute atomic E-state index is 12.6. The molecule has 3 heterocycles. The van der Waals surface area contributed by atoms with Crippen LogP contribution in [0.25, 0.3) is 5.69 Å². The molecule has 6 nitrogen and oxygen atoms in total. The van der Waals surface area contributed by atoms with Crippen LogP contribution in [-0.4, -0.2) is 27.7 Å². The standard InChI is InChI=1S/C30H30N4O2S/c1-18-13-14-22(16-19(18)2)34-28(27(32-30(34)37)25-11-8-9-15-31-25)24-17-20(3)33(21(24)4)26-12-7-6-10-23(26)29(35)36-5/h6-17,27-28H,1-5H3,(H,32,37). The number of rotatable bonds is 5. The van der Waals surface area contributed by atoms with Crippen LogP contribution in [0.3, 0.4) is 0 Å². The number of esters is 1. The van der Waals surface area contributed by atoms with Crippen molar-refractivity contribution in [3.8, 4) is 5.69 Å². The zero-order valence-electron chi connectivity index (χ0n) is 21.6. The summed E-state index contributed by atoms with van der Waals surface area (Å²) in [5, 5.41) is 4.20. The van der Waals surface area contributed by atoms with Crippen LogP contribution in [-0.2, 0) is 4.74 Å². The van der Waals surface area contributed by atoms with Gasteiger partial charge >= 0.3 is 5.97 Å². The number of benzene rings is 2. The fourth-order valence-electron chi connectivity index (χ4n) is 5.23. The maximum atomic E-state index is 12.6. The van der Waals surface area contributed by atoms with Crippen molar-refractivity contribution in [2.24, 2.45) is 0 Å². The number of methoxy groups -OCH3 is 1. The highest BCUT2D eigenvalue weighted by Gasteiger charge is 2.42. The second-order valence-electron chi connectivity index (χ2n) is 9.44. The zero-order chi connectivity index (χ0) is 26.3. The molecule has 0 bridgehead atoms. The first-order valence-corrected chi connectivity index (χ1v) is 12.7. The quantitative estimate of drug-likeness (QED) is 0.260. The van der Waals surface area contributed by atoms with Crippen molar-refractivity contribution in [3.63, 3.8) is 0 Å². The van der Waals surface area contributed by atoms with Gasteiger partial charge in [-0.2, -0.15) is 0 Å². The number of ether oxygens (including phenoxy) is 1.